The van der Waals surface area contributed by atoms with Crippen LogP contribution in [-0.2, 0) is 9.59 Å². The van der Waals surface area contributed by atoms with Crippen molar-refractivity contribution in [1.82, 2.24) is 15.5 Å². The zero-order chi connectivity index (χ0) is 24.0. The summed E-state index contributed by atoms with van der Waals surface area (Å²) in [4.78, 5) is 51.2. The molecular weight excluding hydrogens is 450 g/mol. The number of hydrogen-bond donors (Lipinski definition) is 2. The van der Waals surface area contributed by atoms with Crippen LogP contribution < -0.4 is 15.5 Å². The highest BCUT2D eigenvalue weighted by Gasteiger charge is 2.23. The van der Waals surface area contributed by atoms with Crippen LogP contribution in [0.15, 0.2) is 48.5 Å². The molecule has 3 rings (SSSR count). The van der Waals surface area contributed by atoms with Crippen molar-refractivity contribution in [2.24, 2.45) is 0 Å². The SMILES string of the molecule is CC(NC(=O)c1cccc([N+](=O)[O-])c1)C(=O)NCC(=O)N1CCN(c2ccc(Cl)cc2)CC1. The maximum Gasteiger partial charge on any atom is 0.270 e. The number of nitrogens with one attached hydrogen (secondary N) is 2. The molecule has 3 amide bonds. The van der Waals surface area contributed by atoms with Crippen molar-refractivity contribution < 1.29 is 19.3 Å². The van der Waals surface area contributed by atoms with Crippen LogP contribution in [0, 0.1) is 10.1 Å². The number of nitro groups is 1. The molecule has 0 aliphatic carbocycles. The van der Waals surface area contributed by atoms with Gasteiger partial charge < -0.3 is 20.4 Å². The molecule has 1 heterocycles. The van der Waals surface area contributed by atoms with E-state index in [9.17, 15) is 24.5 Å². The molecule has 2 N–H and O–H groups in total. The van der Waals surface area contributed by atoms with Gasteiger partial charge in [-0.15, -0.1) is 0 Å². The third-order valence-electron chi connectivity index (χ3n) is 5.30. The number of carbonyl (C=O) groups is 3. The smallest absolute Gasteiger partial charge is 0.270 e. The van der Waals surface area contributed by atoms with Crippen molar-refractivity contribution in [2.45, 2.75) is 13.0 Å². The third kappa shape index (κ3) is 6.42. The molecule has 0 spiro atoms. The first-order valence-corrected chi connectivity index (χ1v) is 10.7. The summed E-state index contributed by atoms with van der Waals surface area (Å²) in [5, 5.41) is 16.5. The van der Waals surface area contributed by atoms with E-state index in [-0.39, 0.29) is 23.7 Å². The van der Waals surface area contributed by atoms with Crippen molar-refractivity contribution in [3.8, 4) is 0 Å². The van der Waals surface area contributed by atoms with E-state index in [1.54, 1.807) is 4.90 Å². The number of anilines is 1. The van der Waals surface area contributed by atoms with Crippen molar-refractivity contribution in [2.75, 3.05) is 37.6 Å². The Morgan fingerprint density at radius 2 is 1.76 bits per heavy atom. The Balaban J connectivity index is 1.44. The molecule has 1 saturated heterocycles. The molecule has 10 nitrogen and oxygen atoms in total. The molecule has 1 aliphatic heterocycles. The van der Waals surface area contributed by atoms with E-state index >= 15 is 0 Å². The number of nitro benzene ring substituents is 1. The van der Waals surface area contributed by atoms with Gasteiger partial charge >= 0.3 is 0 Å². The van der Waals surface area contributed by atoms with Crippen LogP contribution in [0.1, 0.15) is 17.3 Å². The second-order valence-electron chi connectivity index (χ2n) is 7.56. The lowest BCUT2D eigenvalue weighted by atomic mass is 10.1. The van der Waals surface area contributed by atoms with Crippen LogP contribution in [0.3, 0.4) is 0 Å². The lowest BCUT2D eigenvalue weighted by Gasteiger charge is -2.36. The van der Waals surface area contributed by atoms with Gasteiger partial charge in [-0.1, -0.05) is 17.7 Å². The number of halogens is 1. The first-order chi connectivity index (χ1) is 15.7. The van der Waals surface area contributed by atoms with Gasteiger partial charge in [0.2, 0.25) is 11.8 Å². The van der Waals surface area contributed by atoms with Crippen LogP contribution in [0.25, 0.3) is 0 Å². The Morgan fingerprint density at radius 3 is 2.39 bits per heavy atom. The van der Waals surface area contributed by atoms with E-state index < -0.39 is 22.8 Å². The molecule has 2 aromatic carbocycles. The van der Waals surface area contributed by atoms with Gasteiger partial charge in [-0.3, -0.25) is 24.5 Å². The van der Waals surface area contributed by atoms with Gasteiger partial charge in [-0.25, -0.2) is 0 Å². The minimum Gasteiger partial charge on any atom is -0.368 e. The Hall–Kier alpha value is -3.66. The molecular formula is C22H24ClN5O5. The number of benzene rings is 2. The fraction of sp³-hybridized carbons (Fsp3) is 0.318. The van der Waals surface area contributed by atoms with Gasteiger partial charge in [-0.2, -0.15) is 0 Å². The highest BCUT2D eigenvalue weighted by atomic mass is 35.5. The normalized spacial score (nSPS) is 14.4. The highest BCUT2D eigenvalue weighted by Crippen LogP contribution is 2.19. The number of nitrogens with zero attached hydrogens (tertiary/aromatic N) is 3. The van der Waals surface area contributed by atoms with E-state index in [0.29, 0.717) is 31.2 Å². The zero-order valence-corrected chi connectivity index (χ0v) is 18.7. The third-order valence-corrected chi connectivity index (χ3v) is 5.55. The molecule has 0 aromatic heterocycles. The first kappa shape index (κ1) is 24.0. The number of carbonyl (C=O) groups excluding carboxylic acids is 3. The second kappa shape index (κ2) is 10.8. The number of rotatable bonds is 7. The van der Waals surface area contributed by atoms with Crippen molar-refractivity contribution in [3.63, 3.8) is 0 Å². The van der Waals surface area contributed by atoms with Gasteiger partial charge in [0, 0.05) is 54.6 Å². The van der Waals surface area contributed by atoms with Crippen LogP contribution in [0.5, 0.6) is 0 Å². The fourth-order valence-corrected chi connectivity index (χ4v) is 3.53. The minimum atomic E-state index is -0.925. The fourth-order valence-electron chi connectivity index (χ4n) is 3.40. The molecule has 33 heavy (non-hydrogen) atoms. The first-order valence-electron chi connectivity index (χ1n) is 10.4. The van der Waals surface area contributed by atoms with E-state index in [2.05, 4.69) is 15.5 Å². The van der Waals surface area contributed by atoms with Gasteiger partial charge in [-0.05, 0) is 37.3 Å². The summed E-state index contributed by atoms with van der Waals surface area (Å²) >= 11 is 5.92. The predicted octanol–water partition coefficient (Wildman–Crippen LogP) is 1.83. The summed E-state index contributed by atoms with van der Waals surface area (Å²) in [6.07, 6.45) is 0. The topological polar surface area (TPSA) is 125 Å². The Bertz CT molecular complexity index is 1040. The maximum absolute atomic E-state index is 12.5. The van der Waals surface area contributed by atoms with Gasteiger partial charge in [0.25, 0.3) is 11.6 Å². The van der Waals surface area contributed by atoms with Crippen LogP contribution in [0.2, 0.25) is 5.02 Å². The van der Waals surface area contributed by atoms with Gasteiger partial charge in [0.05, 0.1) is 11.5 Å². The molecule has 0 saturated carbocycles. The molecule has 2 aromatic rings. The second-order valence-corrected chi connectivity index (χ2v) is 8.00. The van der Waals surface area contributed by atoms with E-state index in [4.69, 9.17) is 11.6 Å². The molecule has 174 valence electrons. The van der Waals surface area contributed by atoms with Crippen LogP contribution in [-0.4, -0.2) is 66.3 Å². The molecule has 1 fully saturated rings. The largest absolute Gasteiger partial charge is 0.368 e. The summed E-state index contributed by atoms with van der Waals surface area (Å²) in [6.45, 7) is 3.66. The summed E-state index contributed by atoms with van der Waals surface area (Å²) in [5.74, 6) is -1.36. The Labute approximate surface area is 195 Å². The average molecular weight is 474 g/mol. The lowest BCUT2D eigenvalue weighted by Crippen LogP contribution is -2.52. The average Bonchev–Trinajstić information content (AvgIpc) is 2.82. The summed E-state index contributed by atoms with van der Waals surface area (Å²) in [5.41, 5.74) is 0.883. The Kier molecular flexibility index (Phi) is 7.83. The van der Waals surface area contributed by atoms with Crippen molar-refractivity contribution in [1.29, 1.82) is 0 Å². The van der Waals surface area contributed by atoms with E-state index in [0.717, 1.165) is 11.8 Å². The molecule has 11 heteroatoms. The quantitative estimate of drug-likeness (QED) is 0.467. The number of non-ortho nitro benzene ring substituents is 1. The maximum atomic E-state index is 12.5. The monoisotopic (exact) mass is 473 g/mol. The van der Waals surface area contributed by atoms with Crippen LogP contribution in [0.4, 0.5) is 11.4 Å². The molecule has 0 bridgehead atoms. The summed E-state index contributed by atoms with van der Waals surface area (Å²) in [6, 6.07) is 11.8. The number of amides is 3. The van der Waals surface area contributed by atoms with Gasteiger partial charge in [0.1, 0.15) is 6.04 Å². The number of piperazine rings is 1. The molecule has 0 radical (unpaired) electrons. The molecule has 1 unspecified atom stereocenters. The standard InChI is InChI=1S/C22H24ClN5O5/c1-15(25-22(31)16-3-2-4-19(13-16)28(32)33)21(30)24-14-20(29)27-11-9-26(10-12-27)18-7-5-17(23)6-8-18/h2-8,13,15H,9-12,14H2,1H3,(H,24,30)(H,25,31). The summed E-state index contributed by atoms with van der Waals surface area (Å²) in [7, 11) is 0. The highest BCUT2D eigenvalue weighted by molar-refractivity contribution is 6.30. The zero-order valence-electron chi connectivity index (χ0n) is 18.0. The van der Waals surface area contributed by atoms with Crippen molar-refractivity contribution in [3.05, 3.63) is 69.2 Å². The van der Waals surface area contributed by atoms with Crippen molar-refractivity contribution >= 4 is 40.7 Å². The molecule has 1 aliphatic rings. The molecule has 1 atom stereocenters. The van der Waals surface area contributed by atoms with E-state index in [1.165, 1.54) is 25.1 Å². The summed E-state index contributed by atoms with van der Waals surface area (Å²) < 4.78 is 0. The lowest BCUT2D eigenvalue weighted by molar-refractivity contribution is -0.384. The Morgan fingerprint density at radius 1 is 1.09 bits per heavy atom. The minimum absolute atomic E-state index is 0.0680. The van der Waals surface area contributed by atoms with Gasteiger partial charge in [0.15, 0.2) is 0 Å². The van der Waals surface area contributed by atoms with E-state index in [1.807, 2.05) is 24.3 Å². The number of hydrogen-bond acceptors (Lipinski definition) is 6. The van der Waals surface area contributed by atoms with Crippen LogP contribution >= 0.6 is 11.6 Å². The predicted molar refractivity (Wildman–Crippen MR) is 123 cm³/mol.